The van der Waals surface area contributed by atoms with Crippen LogP contribution in [0.3, 0.4) is 0 Å². The summed E-state index contributed by atoms with van der Waals surface area (Å²) in [6.07, 6.45) is 5.44. The first-order valence-electron chi connectivity index (χ1n) is 11.7. The summed E-state index contributed by atoms with van der Waals surface area (Å²) >= 11 is 0. The number of hydrogen-bond donors (Lipinski definition) is 2. The minimum absolute atomic E-state index is 0.000167. The largest absolute Gasteiger partial charge is 0.354 e. The average Bonchev–Trinajstić information content (AvgIpc) is 3.52. The van der Waals surface area contributed by atoms with Crippen molar-refractivity contribution >= 4 is 11.8 Å². The Hall–Kier alpha value is -2.66. The van der Waals surface area contributed by atoms with Gasteiger partial charge >= 0.3 is 0 Å². The molecule has 164 valence electrons. The lowest BCUT2D eigenvalue weighted by Gasteiger charge is -2.26. The molecule has 2 fully saturated rings. The van der Waals surface area contributed by atoms with Gasteiger partial charge in [-0.3, -0.25) is 9.59 Å². The van der Waals surface area contributed by atoms with Crippen LogP contribution in [0.2, 0.25) is 0 Å². The van der Waals surface area contributed by atoms with Gasteiger partial charge in [0.25, 0.3) is 0 Å². The van der Waals surface area contributed by atoms with Gasteiger partial charge in [0.1, 0.15) is 6.04 Å². The van der Waals surface area contributed by atoms with E-state index in [-0.39, 0.29) is 23.9 Å². The van der Waals surface area contributed by atoms with E-state index in [1.54, 1.807) is 4.90 Å². The van der Waals surface area contributed by atoms with Crippen molar-refractivity contribution < 1.29 is 9.59 Å². The second-order valence-corrected chi connectivity index (χ2v) is 8.65. The van der Waals surface area contributed by atoms with Crippen molar-refractivity contribution in [3.8, 4) is 0 Å². The number of amides is 2. The Morgan fingerprint density at radius 2 is 1.65 bits per heavy atom. The molecular formula is C26H33N3O2. The molecule has 2 heterocycles. The first-order chi connectivity index (χ1) is 15.2. The van der Waals surface area contributed by atoms with E-state index in [9.17, 15) is 9.59 Å². The van der Waals surface area contributed by atoms with Gasteiger partial charge in [-0.25, -0.2) is 0 Å². The maximum atomic E-state index is 12.8. The van der Waals surface area contributed by atoms with Gasteiger partial charge in [0, 0.05) is 19.0 Å². The smallest absolute Gasteiger partial charge is 0.242 e. The molecule has 2 saturated heterocycles. The Balaban J connectivity index is 1.30. The number of nitrogens with zero attached hydrogens (tertiary/aromatic N) is 1. The van der Waals surface area contributed by atoms with Crippen LogP contribution in [-0.2, 0) is 9.59 Å². The van der Waals surface area contributed by atoms with Gasteiger partial charge in [0.05, 0.1) is 6.04 Å². The third-order valence-corrected chi connectivity index (χ3v) is 6.57. The van der Waals surface area contributed by atoms with E-state index in [1.807, 2.05) is 12.1 Å². The lowest BCUT2D eigenvalue weighted by Crippen LogP contribution is -2.51. The SMILES string of the molecule is O=C(NCCCC(c1ccccc1)c1ccccc1)[C@@H]1CCCN1C(=O)[C@@H]1CCCN1. The van der Waals surface area contributed by atoms with Crippen molar-refractivity contribution in [3.05, 3.63) is 71.8 Å². The number of carbonyl (C=O) groups excluding carboxylic acids is 2. The number of hydrogen-bond acceptors (Lipinski definition) is 3. The van der Waals surface area contributed by atoms with E-state index in [2.05, 4.69) is 59.2 Å². The maximum absolute atomic E-state index is 12.8. The molecule has 0 radical (unpaired) electrons. The van der Waals surface area contributed by atoms with Crippen LogP contribution in [0.4, 0.5) is 0 Å². The molecular weight excluding hydrogens is 386 g/mol. The molecule has 31 heavy (non-hydrogen) atoms. The van der Waals surface area contributed by atoms with E-state index < -0.39 is 0 Å². The lowest BCUT2D eigenvalue weighted by molar-refractivity contribution is -0.139. The van der Waals surface area contributed by atoms with E-state index in [0.717, 1.165) is 45.1 Å². The predicted molar refractivity (Wildman–Crippen MR) is 123 cm³/mol. The molecule has 0 spiro atoms. The van der Waals surface area contributed by atoms with Gasteiger partial charge in [-0.1, -0.05) is 60.7 Å². The maximum Gasteiger partial charge on any atom is 0.242 e. The van der Waals surface area contributed by atoms with Crippen molar-refractivity contribution in [2.24, 2.45) is 0 Å². The molecule has 2 aromatic carbocycles. The summed E-state index contributed by atoms with van der Waals surface area (Å²) in [5.74, 6) is 0.417. The predicted octanol–water partition coefficient (Wildman–Crippen LogP) is 3.46. The highest BCUT2D eigenvalue weighted by molar-refractivity contribution is 5.90. The van der Waals surface area contributed by atoms with Crippen molar-refractivity contribution in [1.82, 2.24) is 15.5 Å². The quantitative estimate of drug-likeness (QED) is 0.644. The van der Waals surface area contributed by atoms with Crippen LogP contribution in [-0.4, -0.2) is 48.4 Å². The molecule has 0 aliphatic carbocycles. The summed E-state index contributed by atoms with van der Waals surface area (Å²) in [4.78, 5) is 27.4. The lowest BCUT2D eigenvalue weighted by atomic mass is 9.87. The zero-order chi connectivity index (χ0) is 21.5. The molecule has 5 heteroatoms. The summed E-state index contributed by atoms with van der Waals surface area (Å²) in [5.41, 5.74) is 2.60. The first-order valence-corrected chi connectivity index (χ1v) is 11.7. The van der Waals surface area contributed by atoms with Crippen molar-refractivity contribution in [2.75, 3.05) is 19.6 Å². The van der Waals surface area contributed by atoms with Gasteiger partial charge in [-0.15, -0.1) is 0 Å². The third-order valence-electron chi connectivity index (χ3n) is 6.57. The van der Waals surface area contributed by atoms with Gasteiger partial charge in [-0.2, -0.15) is 0 Å². The topological polar surface area (TPSA) is 61.4 Å². The number of likely N-dealkylation sites (tertiary alicyclic amines) is 1. The summed E-state index contributed by atoms with van der Waals surface area (Å²) in [5, 5.41) is 6.37. The van der Waals surface area contributed by atoms with Crippen molar-refractivity contribution in [1.29, 1.82) is 0 Å². The Bertz CT molecular complexity index is 810. The normalized spacial score (nSPS) is 20.9. The van der Waals surface area contributed by atoms with Gasteiger partial charge in [0.15, 0.2) is 0 Å². The van der Waals surface area contributed by atoms with Crippen LogP contribution in [0.5, 0.6) is 0 Å². The van der Waals surface area contributed by atoms with Crippen LogP contribution >= 0.6 is 0 Å². The molecule has 2 N–H and O–H groups in total. The fourth-order valence-corrected chi connectivity index (χ4v) is 4.93. The molecule has 2 aliphatic rings. The second-order valence-electron chi connectivity index (χ2n) is 8.65. The van der Waals surface area contributed by atoms with Gasteiger partial charge in [0.2, 0.25) is 11.8 Å². The average molecular weight is 420 g/mol. The highest BCUT2D eigenvalue weighted by Crippen LogP contribution is 2.29. The summed E-state index contributed by atoms with van der Waals surface area (Å²) in [6, 6.07) is 20.7. The molecule has 0 bridgehead atoms. The van der Waals surface area contributed by atoms with Crippen LogP contribution in [0.25, 0.3) is 0 Å². The summed E-state index contributed by atoms with van der Waals surface area (Å²) in [7, 11) is 0. The van der Waals surface area contributed by atoms with Crippen molar-refractivity contribution in [2.45, 2.75) is 56.5 Å². The van der Waals surface area contributed by atoms with E-state index in [4.69, 9.17) is 0 Å². The highest BCUT2D eigenvalue weighted by Gasteiger charge is 2.37. The molecule has 0 aromatic heterocycles. The number of rotatable bonds is 8. The monoisotopic (exact) mass is 419 g/mol. The molecule has 5 nitrogen and oxygen atoms in total. The Morgan fingerprint density at radius 1 is 0.968 bits per heavy atom. The number of benzene rings is 2. The Labute approximate surface area is 185 Å². The molecule has 2 amide bonds. The van der Waals surface area contributed by atoms with Crippen LogP contribution in [0.1, 0.15) is 55.6 Å². The van der Waals surface area contributed by atoms with E-state index >= 15 is 0 Å². The summed E-state index contributed by atoms with van der Waals surface area (Å²) in [6.45, 7) is 2.22. The standard InChI is InChI=1S/C26H33N3O2/c30-25(24-16-9-19-29(24)26(31)23-15-8-17-27-23)28-18-7-14-22(20-10-3-1-4-11-20)21-12-5-2-6-13-21/h1-6,10-13,22-24,27H,7-9,14-19H2,(H,28,30)/t23-,24-/m0/s1. The fourth-order valence-electron chi connectivity index (χ4n) is 4.93. The van der Waals surface area contributed by atoms with Crippen LogP contribution < -0.4 is 10.6 Å². The highest BCUT2D eigenvalue weighted by atomic mass is 16.2. The minimum atomic E-state index is -0.311. The number of nitrogens with one attached hydrogen (secondary N) is 2. The van der Waals surface area contributed by atoms with E-state index in [0.29, 0.717) is 19.0 Å². The second kappa shape index (κ2) is 10.6. The zero-order valence-electron chi connectivity index (χ0n) is 18.1. The zero-order valence-corrected chi connectivity index (χ0v) is 18.1. The Morgan fingerprint density at radius 3 is 2.26 bits per heavy atom. The van der Waals surface area contributed by atoms with Crippen LogP contribution in [0, 0.1) is 0 Å². The molecule has 2 aromatic rings. The van der Waals surface area contributed by atoms with Gasteiger partial charge < -0.3 is 15.5 Å². The molecule has 2 atom stereocenters. The minimum Gasteiger partial charge on any atom is -0.354 e. The number of carbonyl (C=O) groups is 2. The van der Waals surface area contributed by atoms with Crippen LogP contribution in [0.15, 0.2) is 60.7 Å². The first kappa shape index (κ1) is 21.6. The fraction of sp³-hybridized carbons (Fsp3) is 0.462. The Kier molecular flexibility index (Phi) is 7.36. The molecule has 0 unspecified atom stereocenters. The van der Waals surface area contributed by atoms with E-state index in [1.165, 1.54) is 11.1 Å². The van der Waals surface area contributed by atoms with Crippen molar-refractivity contribution in [3.63, 3.8) is 0 Å². The van der Waals surface area contributed by atoms with Gasteiger partial charge in [-0.05, 0) is 56.2 Å². The third kappa shape index (κ3) is 5.34. The molecule has 0 saturated carbocycles. The molecule has 2 aliphatic heterocycles. The molecule has 4 rings (SSSR count). The summed E-state index contributed by atoms with van der Waals surface area (Å²) < 4.78 is 0.